The van der Waals surface area contributed by atoms with Gasteiger partial charge in [-0.15, -0.1) is 0 Å². The molecule has 1 N–H and O–H groups in total. The molecule has 126 valence electrons. The second-order valence-corrected chi connectivity index (χ2v) is 8.20. The van der Waals surface area contributed by atoms with E-state index in [0.717, 1.165) is 58.0 Å². The lowest BCUT2D eigenvalue weighted by atomic mass is 10.1. The quantitative estimate of drug-likeness (QED) is 0.919. The van der Waals surface area contributed by atoms with Gasteiger partial charge in [-0.2, -0.15) is 0 Å². The van der Waals surface area contributed by atoms with E-state index in [2.05, 4.69) is 4.72 Å². The minimum atomic E-state index is -3.55. The molecule has 0 aromatic heterocycles. The third-order valence-corrected chi connectivity index (χ3v) is 6.23. The van der Waals surface area contributed by atoms with Crippen LogP contribution in [0.1, 0.15) is 55.3 Å². The molecule has 1 amide bonds. The van der Waals surface area contributed by atoms with Crippen molar-refractivity contribution in [3.05, 3.63) is 29.8 Å². The van der Waals surface area contributed by atoms with Crippen LogP contribution in [-0.4, -0.2) is 38.4 Å². The molecule has 2 aliphatic rings. The van der Waals surface area contributed by atoms with E-state index >= 15 is 0 Å². The second kappa shape index (κ2) is 7.01. The summed E-state index contributed by atoms with van der Waals surface area (Å²) >= 11 is 0. The minimum absolute atomic E-state index is 0.0291. The van der Waals surface area contributed by atoms with E-state index in [1.54, 1.807) is 18.2 Å². The number of benzene rings is 1. The van der Waals surface area contributed by atoms with Gasteiger partial charge >= 0.3 is 0 Å². The SMILES string of the molecule is O=C(c1cccc(S(=O)(=O)NC2CCCC2)c1)N1CCCCC1. The van der Waals surface area contributed by atoms with Crippen LogP contribution in [0.25, 0.3) is 0 Å². The van der Waals surface area contributed by atoms with Crippen LogP contribution < -0.4 is 4.72 Å². The first-order valence-corrected chi connectivity index (χ1v) is 9.96. The summed E-state index contributed by atoms with van der Waals surface area (Å²) in [7, 11) is -3.55. The van der Waals surface area contributed by atoms with E-state index in [9.17, 15) is 13.2 Å². The molecule has 1 heterocycles. The Balaban J connectivity index is 1.77. The Morgan fingerprint density at radius 3 is 2.43 bits per heavy atom. The van der Waals surface area contributed by atoms with Gasteiger partial charge in [0.25, 0.3) is 5.91 Å². The van der Waals surface area contributed by atoms with Crippen molar-refractivity contribution in [3.8, 4) is 0 Å². The number of carbonyl (C=O) groups excluding carboxylic acids is 1. The Morgan fingerprint density at radius 2 is 1.74 bits per heavy atom. The Labute approximate surface area is 138 Å². The number of hydrogen-bond acceptors (Lipinski definition) is 3. The Kier molecular flexibility index (Phi) is 5.02. The highest BCUT2D eigenvalue weighted by Crippen LogP contribution is 2.21. The number of rotatable bonds is 4. The van der Waals surface area contributed by atoms with Gasteiger partial charge in [-0.25, -0.2) is 13.1 Å². The van der Waals surface area contributed by atoms with Gasteiger partial charge in [0.15, 0.2) is 0 Å². The summed E-state index contributed by atoms with van der Waals surface area (Å²) in [6, 6.07) is 6.45. The predicted octanol–water partition coefficient (Wildman–Crippen LogP) is 2.53. The summed E-state index contributed by atoms with van der Waals surface area (Å²) in [5.74, 6) is -0.0670. The van der Waals surface area contributed by atoms with E-state index in [0.29, 0.717) is 5.56 Å². The zero-order chi connectivity index (χ0) is 16.3. The first-order chi connectivity index (χ1) is 11.1. The molecular weight excluding hydrogens is 312 g/mol. The summed E-state index contributed by atoms with van der Waals surface area (Å²) in [5.41, 5.74) is 0.459. The van der Waals surface area contributed by atoms with E-state index in [1.807, 2.05) is 4.90 Å². The lowest BCUT2D eigenvalue weighted by molar-refractivity contribution is 0.0724. The predicted molar refractivity (Wildman–Crippen MR) is 88.8 cm³/mol. The molecule has 0 unspecified atom stereocenters. The van der Waals surface area contributed by atoms with Crippen LogP contribution >= 0.6 is 0 Å². The van der Waals surface area contributed by atoms with Gasteiger partial charge in [-0.05, 0) is 50.3 Å². The van der Waals surface area contributed by atoms with Crippen molar-refractivity contribution in [1.29, 1.82) is 0 Å². The normalized spacial score (nSPS) is 19.9. The summed E-state index contributed by atoms with van der Waals surface area (Å²) < 4.78 is 27.8. The molecule has 1 saturated carbocycles. The van der Waals surface area contributed by atoms with Gasteiger partial charge in [0, 0.05) is 24.7 Å². The molecule has 23 heavy (non-hydrogen) atoms. The van der Waals surface area contributed by atoms with Gasteiger partial charge in [0.05, 0.1) is 4.90 Å². The molecule has 1 aliphatic heterocycles. The number of sulfonamides is 1. The van der Waals surface area contributed by atoms with Crippen LogP contribution in [0.15, 0.2) is 29.2 Å². The highest BCUT2D eigenvalue weighted by atomic mass is 32.2. The monoisotopic (exact) mass is 336 g/mol. The van der Waals surface area contributed by atoms with E-state index in [4.69, 9.17) is 0 Å². The standard InChI is InChI=1S/C17H24N2O3S/c20-17(19-11-4-1-5-12-19)14-7-6-10-16(13-14)23(21,22)18-15-8-2-3-9-15/h6-7,10,13,15,18H,1-5,8-9,11-12H2. The van der Waals surface area contributed by atoms with Gasteiger partial charge < -0.3 is 4.90 Å². The number of hydrogen-bond donors (Lipinski definition) is 1. The zero-order valence-electron chi connectivity index (χ0n) is 13.3. The first-order valence-electron chi connectivity index (χ1n) is 8.48. The van der Waals surface area contributed by atoms with Crippen molar-refractivity contribution < 1.29 is 13.2 Å². The fraction of sp³-hybridized carbons (Fsp3) is 0.588. The van der Waals surface area contributed by atoms with Crippen molar-refractivity contribution in [3.63, 3.8) is 0 Å². The van der Waals surface area contributed by atoms with Gasteiger partial charge in [-0.1, -0.05) is 18.9 Å². The van der Waals surface area contributed by atoms with E-state index in [-0.39, 0.29) is 16.8 Å². The topological polar surface area (TPSA) is 66.5 Å². The molecule has 0 atom stereocenters. The maximum atomic E-state index is 12.5. The fourth-order valence-electron chi connectivity index (χ4n) is 3.41. The third-order valence-electron chi connectivity index (χ3n) is 4.71. The van der Waals surface area contributed by atoms with Crippen molar-refractivity contribution >= 4 is 15.9 Å². The summed E-state index contributed by atoms with van der Waals surface area (Å²) in [6.45, 7) is 1.52. The Hall–Kier alpha value is -1.40. The fourth-order valence-corrected chi connectivity index (χ4v) is 4.76. The van der Waals surface area contributed by atoms with Crippen LogP contribution in [0.2, 0.25) is 0 Å². The maximum Gasteiger partial charge on any atom is 0.253 e. The molecule has 0 radical (unpaired) electrons. The van der Waals surface area contributed by atoms with Gasteiger partial charge in [0.2, 0.25) is 10.0 Å². The molecule has 3 rings (SSSR count). The Bertz CT molecular complexity index is 660. The van der Waals surface area contributed by atoms with E-state index < -0.39 is 10.0 Å². The van der Waals surface area contributed by atoms with Crippen molar-refractivity contribution in [2.24, 2.45) is 0 Å². The molecule has 2 fully saturated rings. The minimum Gasteiger partial charge on any atom is -0.339 e. The van der Waals surface area contributed by atoms with Crippen LogP contribution in [-0.2, 0) is 10.0 Å². The molecule has 5 nitrogen and oxygen atoms in total. The number of nitrogens with one attached hydrogen (secondary N) is 1. The van der Waals surface area contributed by atoms with E-state index in [1.165, 1.54) is 6.07 Å². The van der Waals surface area contributed by atoms with Crippen molar-refractivity contribution in [2.45, 2.75) is 55.9 Å². The number of carbonyl (C=O) groups is 1. The van der Waals surface area contributed by atoms with Crippen LogP contribution in [0, 0.1) is 0 Å². The number of piperidine rings is 1. The Morgan fingerprint density at radius 1 is 1.04 bits per heavy atom. The third kappa shape index (κ3) is 3.93. The van der Waals surface area contributed by atoms with Gasteiger partial charge in [0.1, 0.15) is 0 Å². The summed E-state index contributed by atoms with van der Waals surface area (Å²) in [4.78, 5) is 14.5. The molecule has 1 aliphatic carbocycles. The highest BCUT2D eigenvalue weighted by Gasteiger charge is 2.24. The first kappa shape index (κ1) is 16.5. The largest absolute Gasteiger partial charge is 0.339 e. The summed E-state index contributed by atoms with van der Waals surface area (Å²) in [5, 5.41) is 0. The number of likely N-dealkylation sites (tertiary alicyclic amines) is 1. The lowest BCUT2D eigenvalue weighted by Crippen LogP contribution is -2.36. The molecular formula is C17H24N2O3S. The van der Waals surface area contributed by atoms with Gasteiger partial charge in [-0.3, -0.25) is 4.79 Å². The molecule has 1 saturated heterocycles. The zero-order valence-corrected chi connectivity index (χ0v) is 14.1. The molecule has 1 aromatic carbocycles. The molecule has 0 bridgehead atoms. The second-order valence-electron chi connectivity index (χ2n) is 6.48. The average Bonchev–Trinajstić information content (AvgIpc) is 3.07. The molecule has 6 heteroatoms. The average molecular weight is 336 g/mol. The lowest BCUT2D eigenvalue weighted by Gasteiger charge is -2.26. The van der Waals surface area contributed by atoms with Crippen molar-refractivity contribution in [2.75, 3.05) is 13.1 Å². The van der Waals surface area contributed by atoms with Crippen LogP contribution in [0.3, 0.4) is 0 Å². The molecule has 0 spiro atoms. The van der Waals surface area contributed by atoms with Crippen LogP contribution in [0.5, 0.6) is 0 Å². The van der Waals surface area contributed by atoms with Crippen molar-refractivity contribution in [1.82, 2.24) is 9.62 Å². The maximum absolute atomic E-state index is 12.5. The number of nitrogens with zero attached hydrogens (tertiary/aromatic N) is 1. The number of amides is 1. The van der Waals surface area contributed by atoms with Crippen LogP contribution in [0.4, 0.5) is 0 Å². The smallest absolute Gasteiger partial charge is 0.253 e. The highest BCUT2D eigenvalue weighted by molar-refractivity contribution is 7.89. The molecule has 1 aromatic rings. The summed E-state index contributed by atoms with van der Waals surface area (Å²) in [6.07, 6.45) is 7.13.